The van der Waals surface area contributed by atoms with Crippen molar-refractivity contribution in [2.75, 3.05) is 7.11 Å². The number of ether oxygens (including phenoxy) is 1. The zero-order chi connectivity index (χ0) is 17.0. The van der Waals surface area contributed by atoms with Gasteiger partial charge in [0.15, 0.2) is 0 Å². The van der Waals surface area contributed by atoms with Crippen molar-refractivity contribution in [3.63, 3.8) is 0 Å². The van der Waals surface area contributed by atoms with Crippen LogP contribution in [0.3, 0.4) is 0 Å². The number of nitrogens with one attached hydrogen (secondary N) is 1. The minimum atomic E-state index is -0.531. The SMILES string of the molecule is COc1cc(C(=O)NCc2cccc(C)n2)cc([N+](=O)[O-])c1C. The van der Waals surface area contributed by atoms with Crippen LogP contribution < -0.4 is 10.1 Å². The maximum Gasteiger partial charge on any atom is 0.276 e. The summed E-state index contributed by atoms with van der Waals surface area (Å²) in [7, 11) is 1.41. The molecule has 7 heteroatoms. The molecule has 2 rings (SSSR count). The van der Waals surface area contributed by atoms with Gasteiger partial charge in [-0.05, 0) is 32.0 Å². The third-order valence-corrected chi connectivity index (χ3v) is 3.39. The summed E-state index contributed by atoms with van der Waals surface area (Å²) in [5.74, 6) is -0.118. The highest BCUT2D eigenvalue weighted by Crippen LogP contribution is 2.29. The first-order valence-electron chi connectivity index (χ1n) is 6.96. The van der Waals surface area contributed by atoms with Crippen LogP contribution >= 0.6 is 0 Å². The second-order valence-electron chi connectivity index (χ2n) is 5.03. The van der Waals surface area contributed by atoms with Crippen molar-refractivity contribution in [3.8, 4) is 5.75 Å². The number of hydrogen-bond acceptors (Lipinski definition) is 5. The third kappa shape index (κ3) is 3.82. The van der Waals surface area contributed by atoms with Crippen molar-refractivity contribution in [1.29, 1.82) is 0 Å². The van der Waals surface area contributed by atoms with Crippen molar-refractivity contribution in [3.05, 3.63) is 63.0 Å². The smallest absolute Gasteiger partial charge is 0.276 e. The van der Waals surface area contributed by atoms with E-state index in [2.05, 4.69) is 10.3 Å². The second kappa shape index (κ2) is 6.87. The second-order valence-corrected chi connectivity index (χ2v) is 5.03. The number of aromatic nitrogens is 1. The first-order valence-corrected chi connectivity index (χ1v) is 6.96. The number of hydrogen-bond donors (Lipinski definition) is 1. The number of rotatable bonds is 5. The molecule has 0 aliphatic carbocycles. The number of benzene rings is 1. The van der Waals surface area contributed by atoms with Crippen molar-refractivity contribution in [2.45, 2.75) is 20.4 Å². The van der Waals surface area contributed by atoms with Crippen LogP contribution in [-0.4, -0.2) is 22.9 Å². The Hall–Kier alpha value is -2.96. The zero-order valence-electron chi connectivity index (χ0n) is 13.1. The van der Waals surface area contributed by atoms with E-state index in [4.69, 9.17) is 4.74 Å². The highest BCUT2D eigenvalue weighted by atomic mass is 16.6. The molecule has 0 unspecified atom stereocenters. The molecule has 7 nitrogen and oxygen atoms in total. The fraction of sp³-hybridized carbons (Fsp3) is 0.250. The van der Waals surface area contributed by atoms with Gasteiger partial charge in [-0.2, -0.15) is 0 Å². The first kappa shape index (κ1) is 16.4. The number of carbonyl (C=O) groups excluding carboxylic acids is 1. The molecule has 23 heavy (non-hydrogen) atoms. The number of pyridine rings is 1. The highest BCUT2D eigenvalue weighted by molar-refractivity contribution is 5.95. The van der Waals surface area contributed by atoms with E-state index in [-0.39, 0.29) is 17.8 Å². The average molecular weight is 315 g/mol. The van der Waals surface area contributed by atoms with Crippen LogP contribution in [0.1, 0.15) is 27.3 Å². The van der Waals surface area contributed by atoms with E-state index < -0.39 is 10.8 Å². The molecule has 120 valence electrons. The largest absolute Gasteiger partial charge is 0.496 e. The van der Waals surface area contributed by atoms with Crippen molar-refractivity contribution in [2.24, 2.45) is 0 Å². The Labute approximate surface area is 133 Å². The predicted octanol–water partition coefficient (Wildman–Crippen LogP) is 2.55. The molecular formula is C16H17N3O4. The molecule has 0 bridgehead atoms. The molecule has 0 saturated carbocycles. The van der Waals surface area contributed by atoms with Crippen LogP contribution in [0.2, 0.25) is 0 Å². The van der Waals surface area contributed by atoms with E-state index in [1.165, 1.54) is 19.2 Å². The Kier molecular flexibility index (Phi) is 4.90. The van der Waals surface area contributed by atoms with E-state index >= 15 is 0 Å². The molecule has 1 amide bonds. The van der Waals surface area contributed by atoms with Crippen molar-refractivity contribution < 1.29 is 14.5 Å². The summed E-state index contributed by atoms with van der Waals surface area (Å²) < 4.78 is 5.11. The monoisotopic (exact) mass is 315 g/mol. The predicted molar refractivity (Wildman–Crippen MR) is 84.5 cm³/mol. The molecular weight excluding hydrogens is 298 g/mol. The molecule has 0 atom stereocenters. The van der Waals surface area contributed by atoms with Gasteiger partial charge in [0.25, 0.3) is 11.6 Å². The van der Waals surface area contributed by atoms with Gasteiger partial charge in [0.2, 0.25) is 0 Å². The lowest BCUT2D eigenvalue weighted by Gasteiger charge is -2.09. The van der Waals surface area contributed by atoms with E-state index in [1.54, 1.807) is 13.0 Å². The Morgan fingerprint density at radius 1 is 1.35 bits per heavy atom. The Balaban J connectivity index is 2.22. The van der Waals surface area contributed by atoms with Crippen LogP contribution in [0.4, 0.5) is 5.69 Å². The molecule has 0 fully saturated rings. The lowest BCUT2D eigenvalue weighted by Crippen LogP contribution is -2.23. The molecule has 0 saturated heterocycles. The van der Waals surface area contributed by atoms with Gasteiger partial charge in [-0.1, -0.05) is 6.07 Å². The summed E-state index contributed by atoms with van der Waals surface area (Å²) in [5.41, 5.74) is 1.97. The third-order valence-electron chi connectivity index (χ3n) is 3.39. The van der Waals surface area contributed by atoms with Crippen LogP contribution in [0.5, 0.6) is 5.75 Å². The summed E-state index contributed by atoms with van der Waals surface area (Å²) in [6, 6.07) is 8.24. The van der Waals surface area contributed by atoms with Gasteiger partial charge in [0.1, 0.15) is 5.75 Å². The topological polar surface area (TPSA) is 94.4 Å². The quantitative estimate of drug-likeness (QED) is 0.676. The van der Waals surface area contributed by atoms with Crippen molar-refractivity contribution >= 4 is 11.6 Å². The standard InChI is InChI=1S/C16H17N3O4/c1-10-5-4-6-13(18-10)9-17-16(20)12-7-14(19(21)22)11(2)15(8-12)23-3/h4-8H,9H2,1-3H3,(H,17,20). The molecule has 0 radical (unpaired) electrons. The van der Waals surface area contributed by atoms with Crippen molar-refractivity contribution in [1.82, 2.24) is 10.3 Å². The lowest BCUT2D eigenvalue weighted by molar-refractivity contribution is -0.385. The number of carbonyl (C=O) groups is 1. The number of nitrogens with zero attached hydrogens (tertiary/aromatic N) is 2. The summed E-state index contributed by atoms with van der Waals surface area (Å²) >= 11 is 0. The number of nitro groups is 1. The maximum atomic E-state index is 12.2. The average Bonchev–Trinajstić information content (AvgIpc) is 2.52. The van der Waals surface area contributed by atoms with Gasteiger partial charge in [0, 0.05) is 17.3 Å². The molecule has 0 aliphatic heterocycles. The number of aryl methyl sites for hydroxylation is 1. The van der Waals surface area contributed by atoms with Gasteiger partial charge < -0.3 is 10.1 Å². The maximum absolute atomic E-state index is 12.2. The normalized spacial score (nSPS) is 10.2. The van der Waals surface area contributed by atoms with Gasteiger partial charge >= 0.3 is 0 Å². The van der Waals surface area contributed by atoms with Gasteiger partial charge in [-0.3, -0.25) is 19.9 Å². The molecule has 2 aromatic rings. The summed E-state index contributed by atoms with van der Waals surface area (Å²) in [5, 5.41) is 13.8. The summed E-state index contributed by atoms with van der Waals surface area (Å²) in [6.07, 6.45) is 0. The molecule has 0 spiro atoms. The zero-order valence-corrected chi connectivity index (χ0v) is 13.1. The van der Waals surface area contributed by atoms with Crippen LogP contribution in [0.25, 0.3) is 0 Å². The van der Waals surface area contributed by atoms with E-state index in [0.29, 0.717) is 17.0 Å². The van der Waals surface area contributed by atoms with Crippen LogP contribution in [0.15, 0.2) is 30.3 Å². The molecule has 1 aromatic heterocycles. The first-order chi connectivity index (χ1) is 10.9. The molecule has 1 heterocycles. The highest BCUT2D eigenvalue weighted by Gasteiger charge is 2.19. The van der Waals surface area contributed by atoms with Crippen LogP contribution in [-0.2, 0) is 6.54 Å². The minimum absolute atomic E-state index is 0.150. The fourth-order valence-electron chi connectivity index (χ4n) is 2.18. The van der Waals surface area contributed by atoms with E-state index in [1.807, 2.05) is 19.1 Å². The van der Waals surface area contributed by atoms with Gasteiger partial charge in [0.05, 0.1) is 29.8 Å². The summed E-state index contributed by atoms with van der Waals surface area (Å²) in [4.78, 5) is 27.1. The van der Waals surface area contributed by atoms with Gasteiger partial charge in [-0.25, -0.2) is 0 Å². The fourth-order valence-corrected chi connectivity index (χ4v) is 2.18. The number of nitro benzene ring substituents is 1. The molecule has 0 aliphatic rings. The number of methoxy groups -OCH3 is 1. The summed E-state index contributed by atoms with van der Waals surface area (Å²) in [6.45, 7) is 3.68. The van der Waals surface area contributed by atoms with E-state index in [0.717, 1.165) is 5.69 Å². The minimum Gasteiger partial charge on any atom is -0.496 e. The van der Waals surface area contributed by atoms with Gasteiger partial charge in [-0.15, -0.1) is 0 Å². The van der Waals surface area contributed by atoms with Crippen LogP contribution in [0, 0.1) is 24.0 Å². The Morgan fingerprint density at radius 2 is 2.09 bits per heavy atom. The Morgan fingerprint density at radius 3 is 2.70 bits per heavy atom. The molecule has 1 aromatic carbocycles. The molecule has 1 N–H and O–H groups in total. The Bertz CT molecular complexity index is 759. The van der Waals surface area contributed by atoms with E-state index in [9.17, 15) is 14.9 Å². The number of amides is 1. The lowest BCUT2D eigenvalue weighted by atomic mass is 10.1.